The van der Waals surface area contributed by atoms with Gasteiger partial charge in [-0.25, -0.2) is 4.79 Å². The van der Waals surface area contributed by atoms with Crippen molar-refractivity contribution in [2.45, 2.75) is 30.5 Å². The number of aliphatic hydroxyl groups excluding tert-OH is 6. The van der Waals surface area contributed by atoms with Crippen molar-refractivity contribution in [1.29, 1.82) is 0 Å². The van der Waals surface area contributed by atoms with Gasteiger partial charge in [-0.2, -0.15) is 0 Å². The van der Waals surface area contributed by atoms with Crippen molar-refractivity contribution >= 4 is 35.5 Å². The second-order valence-electron chi connectivity index (χ2n) is 3.00. The number of hydrogen-bond acceptors (Lipinski definition) is 7. The van der Waals surface area contributed by atoms with E-state index in [0.717, 1.165) is 0 Å². The van der Waals surface area contributed by atoms with Crippen molar-refractivity contribution in [3.8, 4) is 0 Å². The summed E-state index contributed by atoms with van der Waals surface area (Å²) in [6, 6.07) is 0. The van der Waals surface area contributed by atoms with Crippen LogP contribution in [0.2, 0.25) is 0 Å². The van der Waals surface area contributed by atoms with Crippen molar-refractivity contribution in [3.63, 3.8) is 0 Å². The van der Waals surface area contributed by atoms with E-state index in [-0.39, 0.29) is 29.6 Å². The third kappa shape index (κ3) is 5.04. The maximum absolute atomic E-state index is 10.2. The molecule has 0 saturated heterocycles. The summed E-state index contributed by atoms with van der Waals surface area (Å²) in [7, 11) is 0. The number of aliphatic carboxylic acids is 1. The van der Waals surface area contributed by atoms with E-state index in [2.05, 4.69) is 0 Å². The predicted octanol–water partition coefficient (Wildman–Crippen LogP) is -4.78. The first-order chi connectivity index (χ1) is 6.82. The molecular weight excluding hydrogens is 235 g/mol. The first-order valence-electron chi connectivity index (χ1n) is 4.07. The summed E-state index contributed by atoms with van der Waals surface area (Å²) in [5.41, 5.74) is 0. The molecule has 0 aliphatic heterocycles. The van der Waals surface area contributed by atoms with Crippen LogP contribution in [0.4, 0.5) is 0 Å². The second kappa shape index (κ2) is 8.34. The van der Waals surface area contributed by atoms with Crippen LogP contribution in [-0.2, 0) is 4.79 Å². The Balaban J connectivity index is 0. The van der Waals surface area contributed by atoms with Crippen molar-refractivity contribution in [2.75, 3.05) is 6.61 Å². The summed E-state index contributed by atoms with van der Waals surface area (Å²) < 4.78 is 0. The van der Waals surface area contributed by atoms with E-state index >= 15 is 0 Å². The van der Waals surface area contributed by atoms with Crippen LogP contribution in [0.25, 0.3) is 0 Å². The van der Waals surface area contributed by atoms with E-state index in [1.807, 2.05) is 0 Å². The molecule has 0 aromatic carbocycles. The molecule has 0 aromatic rings. The Morgan fingerprint density at radius 3 is 1.69 bits per heavy atom. The topological polar surface area (TPSA) is 159 Å². The standard InChI is InChI=1S/C7H14O8.Na.H/c8-1-2(9)3(10)4(11)5(12)6(13)7(14)15;;/h2-6,8-13H,1H2,(H,14,15);;/t2?,3-,4-,5+,6-;;/m1../s1. The van der Waals surface area contributed by atoms with Crippen LogP contribution in [0, 0.1) is 0 Å². The number of hydrogen-bond donors (Lipinski definition) is 7. The molecule has 1 unspecified atom stereocenters. The average Bonchev–Trinajstić information content (AvgIpc) is 2.23. The molecule has 0 radical (unpaired) electrons. The fourth-order valence-electron chi connectivity index (χ4n) is 0.870. The van der Waals surface area contributed by atoms with E-state index in [9.17, 15) is 4.79 Å². The average molecular weight is 250 g/mol. The minimum atomic E-state index is -2.29. The minimum absolute atomic E-state index is 0. The van der Waals surface area contributed by atoms with Crippen LogP contribution >= 0.6 is 0 Å². The molecule has 8 nitrogen and oxygen atoms in total. The first-order valence-corrected chi connectivity index (χ1v) is 4.07. The third-order valence-corrected chi connectivity index (χ3v) is 1.86. The quantitative estimate of drug-likeness (QED) is 0.231. The number of carbonyl (C=O) groups is 1. The van der Waals surface area contributed by atoms with Crippen molar-refractivity contribution in [2.24, 2.45) is 0 Å². The molecule has 7 N–H and O–H groups in total. The number of aliphatic hydroxyl groups is 6. The summed E-state index contributed by atoms with van der Waals surface area (Å²) in [4.78, 5) is 10.2. The van der Waals surface area contributed by atoms with Gasteiger partial charge in [-0.3, -0.25) is 0 Å². The molecule has 0 aliphatic carbocycles. The molecule has 5 atom stereocenters. The third-order valence-electron chi connectivity index (χ3n) is 1.86. The number of carboxylic acids is 1. The van der Waals surface area contributed by atoms with Crippen LogP contribution in [0.15, 0.2) is 0 Å². The van der Waals surface area contributed by atoms with E-state index in [1.165, 1.54) is 0 Å². The zero-order valence-corrected chi connectivity index (χ0v) is 7.63. The van der Waals surface area contributed by atoms with E-state index in [1.54, 1.807) is 0 Å². The normalized spacial score (nSPS) is 20.1. The fraction of sp³-hybridized carbons (Fsp3) is 0.857. The zero-order valence-electron chi connectivity index (χ0n) is 7.63. The molecule has 0 bridgehead atoms. The van der Waals surface area contributed by atoms with E-state index in [0.29, 0.717) is 0 Å². The Morgan fingerprint density at radius 1 is 0.938 bits per heavy atom. The van der Waals surface area contributed by atoms with Gasteiger partial charge in [0.05, 0.1) is 6.61 Å². The Kier molecular flexibility index (Phi) is 9.69. The summed E-state index contributed by atoms with van der Waals surface area (Å²) in [5, 5.41) is 61.5. The molecule has 0 aliphatic rings. The first kappa shape index (κ1) is 18.6. The molecule has 0 aromatic heterocycles. The zero-order chi connectivity index (χ0) is 12.2. The van der Waals surface area contributed by atoms with Gasteiger partial charge in [0.25, 0.3) is 0 Å². The Bertz CT molecular complexity index is 213. The molecule has 92 valence electrons. The molecule has 9 heteroatoms. The van der Waals surface area contributed by atoms with Gasteiger partial charge < -0.3 is 35.7 Å². The van der Waals surface area contributed by atoms with Gasteiger partial charge in [-0.05, 0) is 0 Å². The molecule has 0 rings (SSSR count). The van der Waals surface area contributed by atoms with Gasteiger partial charge in [0, 0.05) is 0 Å². The van der Waals surface area contributed by atoms with Gasteiger partial charge in [0.15, 0.2) is 6.10 Å². The molecule has 0 spiro atoms. The molecule has 0 heterocycles. The van der Waals surface area contributed by atoms with Gasteiger partial charge in [-0.1, -0.05) is 0 Å². The van der Waals surface area contributed by atoms with E-state index < -0.39 is 43.1 Å². The molecular formula is C7H15NaO8. The van der Waals surface area contributed by atoms with Crippen molar-refractivity contribution < 1.29 is 40.5 Å². The van der Waals surface area contributed by atoms with Gasteiger partial charge in [-0.15, -0.1) is 0 Å². The summed E-state index contributed by atoms with van der Waals surface area (Å²) in [6.07, 6.45) is -10.2. The van der Waals surface area contributed by atoms with Crippen LogP contribution in [0.3, 0.4) is 0 Å². The molecule has 0 saturated carbocycles. The number of rotatable bonds is 6. The van der Waals surface area contributed by atoms with Gasteiger partial charge >= 0.3 is 35.5 Å². The Hall–Kier alpha value is 0.230. The Labute approximate surface area is 113 Å². The monoisotopic (exact) mass is 250 g/mol. The van der Waals surface area contributed by atoms with Crippen molar-refractivity contribution in [1.82, 2.24) is 0 Å². The fourth-order valence-corrected chi connectivity index (χ4v) is 0.870. The summed E-state index contributed by atoms with van der Waals surface area (Å²) in [6.45, 7) is -0.881. The summed E-state index contributed by atoms with van der Waals surface area (Å²) in [5.74, 6) is -1.78. The van der Waals surface area contributed by atoms with Crippen molar-refractivity contribution in [3.05, 3.63) is 0 Å². The summed E-state index contributed by atoms with van der Waals surface area (Å²) >= 11 is 0. The van der Waals surface area contributed by atoms with Crippen LogP contribution < -0.4 is 0 Å². The van der Waals surface area contributed by atoms with Crippen LogP contribution in [-0.4, -0.2) is 108 Å². The molecule has 0 fully saturated rings. The number of carboxylic acid groups (broad SMARTS) is 1. The maximum atomic E-state index is 10.2. The molecule has 0 amide bonds. The van der Waals surface area contributed by atoms with Gasteiger partial charge in [0.2, 0.25) is 0 Å². The molecule has 16 heavy (non-hydrogen) atoms. The predicted molar refractivity (Wildman–Crippen MR) is 51.9 cm³/mol. The Morgan fingerprint density at radius 2 is 1.38 bits per heavy atom. The van der Waals surface area contributed by atoms with E-state index in [4.69, 9.17) is 35.7 Å². The SMILES string of the molecule is O=C(O)[C@H](O)[C@@H](O)[C@H](O)[C@H](O)C(O)CO.[NaH]. The second-order valence-corrected chi connectivity index (χ2v) is 3.00. The van der Waals surface area contributed by atoms with Crippen LogP contribution in [0.1, 0.15) is 0 Å². The van der Waals surface area contributed by atoms with Gasteiger partial charge in [0.1, 0.15) is 24.4 Å². The van der Waals surface area contributed by atoms with Crippen LogP contribution in [0.5, 0.6) is 0 Å².